The lowest BCUT2D eigenvalue weighted by molar-refractivity contribution is -0.140. The smallest absolute Gasteiger partial charge is 0.412 e. The summed E-state index contributed by atoms with van der Waals surface area (Å²) in [6, 6.07) is 5.08. The molecule has 0 saturated carbocycles. The fraction of sp³-hybridized carbons (Fsp3) is 0.318. The van der Waals surface area contributed by atoms with Gasteiger partial charge in [0, 0.05) is 23.9 Å². The van der Waals surface area contributed by atoms with Crippen LogP contribution in [0.3, 0.4) is 0 Å². The Labute approximate surface area is 175 Å². The molecule has 0 radical (unpaired) electrons. The number of esters is 1. The van der Waals surface area contributed by atoms with E-state index in [9.17, 15) is 14.4 Å². The molecule has 1 atom stereocenters. The Morgan fingerprint density at radius 1 is 1.10 bits per heavy atom. The summed E-state index contributed by atoms with van der Waals surface area (Å²) < 4.78 is 15.1. The van der Waals surface area contributed by atoms with E-state index in [2.05, 4.69) is 21.9 Å². The highest BCUT2D eigenvalue weighted by Gasteiger charge is 2.18. The number of amides is 2. The molecule has 1 aliphatic carbocycles. The predicted octanol–water partition coefficient (Wildman–Crippen LogP) is 4.65. The van der Waals surface area contributed by atoms with Gasteiger partial charge in [0.15, 0.2) is 0 Å². The van der Waals surface area contributed by atoms with Gasteiger partial charge in [-0.15, -0.1) is 0 Å². The minimum Gasteiger partial charge on any atom is -0.455 e. The summed E-state index contributed by atoms with van der Waals surface area (Å²) in [5.41, 5.74) is 1.78. The first-order valence-electron chi connectivity index (χ1n) is 9.31. The summed E-state index contributed by atoms with van der Waals surface area (Å²) in [7, 11) is 1.26. The fourth-order valence-corrected chi connectivity index (χ4v) is 2.63. The lowest BCUT2D eigenvalue weighted by Gasteiger charge is -2.20. The first-order valence-corrected chi connectivity index (χ1v) is 9.31. The largest absolute Gasteiger partial charge is 0.455 e. The van der Waals surface area contributed by atoms with Crippen molar-refractivity contribution in [3.8, 4) is 0 Å². The van der Waals surface area contributed by atoms with Crippen molar-refractivity contribution in [1.29, 1.82) is 0 Å². The van der Waals surface area contributed by atoms with Crippen molar-refractivity contribution in [2.45, 2.75) is 38.9 Å². The number of allylic oxidation sites excluding steroid dienone is 2. The maximum Gasteiger partial charge on any atom is 0.412 e. The molecule has 0 spiro atoms. The van der Waals surface area contributed by atoms with E-state index in [0.717, 1.165) is 17.2 Å². The van der Waals surface area contributed by atoms with Crippen LogP contribution in [0.2, 0.25) is 0 Å². The first-order chi connectivity index (χ1) is 14.1. The molecule has 160 valence electrons. The molecule has 0 aliphatic heterocycles. The lowest BCUT2D eigenvalue weighted by Crippen LogP contribution is -2.27. The Hall–Kier alpha value is -3.55. The van der Waals surface area contributed by atoms with Crippen molar-refractivity contribution in [1.82, 2.24) is 0 Å². The van der Waals surface area contributed by atoms with Gasteiger partial charge >= 0.3 is 18.2 Å². The molecule has 1 aromatic rings. The Bertz CT molecular complexity index is 895. The van der Waals surface area contributed by atoms with Crippen molar-refractivity contribution in [2.24, 2.45) is 0 Å². The third-order valence-corrected chi connectivity index (χ3v) is 3.84. The molecule has 8 heteroatoms. The second-order valence-corrected chi connectivity index (χ2v) is 7.48. The van der Waals surface area contributed by atoms with Gasteiger partial charge in [-0.05, 0) is 56.2 Å². The standard InChI is InChI=1S/C22H26N2O6/c1-6-19(25)29-18-9-7-14(8-10-18)15-11-16(23-20(26)28-5)13-17(12-15)24-21(27)30-22(2,3)4/h6-9,11-13,18H,1,10H2,2-5H3,(H,23,26)(H,24,27). The van der Waals surface area contributed by atoms with Crippen molar-refractivity contribution in [2.75, 3.05) is 17.7 Å². The van der Waals surface area contributed by atoms with Crippen LogP contribution in [0.15, 0.2) is 49.1 Å². The molecule has 0 heterocycles. The lowest BCUT2D eigenvalue weighted by atomic mass is 9.97. The number of hydrogen-bond acceptors (Lipinski definition) is 6. The molecule has 0 saturated heterocycles. The summed E-state index contributed by atoms with van der Waals surface area (Å²) in [4.78, 5) is 35.1. The zero-order chi connectivity index (χ0) is 22.3. The van der Waals surface area contributed by atoms with Crippen molar-refractivity contribution < 1.29 is 28.6 Å². The number of anilines is 2. The van der Waals surface area contributed by atoms with Gasteiger partial charge in [0.25, 0.3) is 0 Å². The van der Waals surface area contributed by atoms with Gasteiger partial charge in [0.2, 0.25) is 0 Å². The van der Waals surface area contributed by atoms with Crippen LogP contribution in [0, 0.1) is 0 Å². The Kier molecular flexibility index (Phi) is 7.41. The molecule has 1 aliphatic rings. The molecule has 8 nitrogen and oxygen atoms in total. The third-order valence-electron chi connectivity index (χ3n) is 3.84. The van der Waals surface area contributed by atoms with Crippen molar-refractivity contribution in [3.05, 3.63) is 54.6 Å². The number of rotatable bonds is 5. The van der Waals surface area contributed by atoms with Crippen LogP contribution in [0.4, 0.5) is 21.0 Å². The van der Waals surface area contributed by atoms with Crippen molar-refractivity contribution >= 4 is 35.1 Å². The average Bonchev–Trinajstić information content (AvgIpc) is 2.66. The summed E-state index contributed by atoms with van der Waals surface area (Å²) in [6.07, 6.45) is 5.42. The monoisotopic (exact) mass is 414 g/mol. The zero-order valence-corrected chi connectivity index (χ0v) is 17.5. The van der Waals surface area contributed by atoms with Gasteiger partial charge in [-0.25, -0.2) is 14.4 Å². The Morgan fingerprint density at radius 2 is 1.73 bits per heavy atom. The molecule has 2 N–H and O–H groups in total. The molecule has 0 fully saturated rings. The fourth-order valence-electron chi connectivity index (χ4n) is 2.63. The normalized spacial score (nSPS) is 15.5. The maximum atomic E-state index is 12.1. The Morgan fingerprint density at radius 3 is 2.23 bits per heavy atom. The molecule has 0 aromatic heterocycles. The minimum atomic E-state index is -0.651. The van der Waals surface area contributed by atoms with Gasteiger partial charge < -0.3 is 14.2 Å². The number of carbonyl (C=O) groups excluding carboxylic acids is 3. The zero-order valence-electron chi connectivity index (χ0n) is 17.5. The molecular weight excluding hydrogens is 388 g/mol. The van der Waals surface area contributed by atoms with Gasteiger partial charge in [0.1, 0.15) is 11.7 Å². The van der Waals surface area contributed by atoms with Crippen LogP contribution in [0.1, 0.15) is 32.8 Å². The summed E-state index contributed by atoms with van der Waals surface area (Å²) in [5, 5.41) is 5.26. The van der Waals surface area contributed by atoms with Gasteiger partial charge in [0.05, 0.1) is 7.11 Å². The second kappa shape index (κ2) is 9.78. The summed E-state index contributed by atoms with van der Waals surface area (Å²) in [6.45, 7) is 8.67. The van der Waals surface area contributed by atoms with E-state index in [0.29, 0.717) is 17.8 Å². The topological polar surface area (TPSA) is 103 Å². The molecule has 0 bridgehead atoms. The quantitative estimate of drug-likeness (QED) is 0.413. The van der Waals surface area contributed by atoms with Crippen LogP contribution in [-0.2, 0) is 19.0 Å². The van der Waals surface area contributed by atoms with Crippen LogP contribution in [-0.4, -0.2) is 37.0 Å². The Balaban J connectivity index is 2.25. The number of benzene rings is 1. The number of nitrogens with one attached hydrogen (secondary N) is 2. The number of methoxy groups -OCH3 is 1. The second-order valence-electron chi connectivity index (χ2n) is 7.48. The summed E-state index contributed by atoms with van der Waals surface area (Å²) >= 11 is 0. The minimum absolute atomic E-state index is 0.380. The van der Waals surface area contributed by atoms with Crippen molar-refractivity contribution in [3.63, 3.8) is 0 Å². The van der Waals surface area contributed by atoms with E-state index < -0.39 is 23.8 Å². The molecule has 2 rings (SSSR count). The highest BCUT2D eigenvalue weighted by Crippen LogP contribution is 2.29. The molecule has 1 aromatic carbocycles. The van der Waals surface area contributed by atoms with Gasteiger partial charge in [-0.3, -0.25) is 10.6 Å². The van der Waals surface area contributed by atoms with Crippen LogP contribution in [0.5, 0.6) is 0 Å². The van der Waals surface area contributed by atoms with E-state index >= 15 is 0 Å². The number of hydrogen-bond donors (Lipinski definition) is 2. The summed E-state index contributed by atoms with van der Waals surface area (Å²) in [5.74, 6) is -0.491. The van der Waals surface area contributed by atoms with E-state index in [1.54, 1.807) is 51.1 Å². The first kappa shape index (κ1) is 22.7. The van der Waals surface area contributed by atoms with Crippen LogP contribution >= 0.6 is 0 Å². The number of ether oxygens (including phenoxy) is 3. The molecule has 30 heavy (non-hydrogen) atoms. The highest BCUT2D eigenvalue weighted by atomic mass is 16.6. The van der Waals surface area contributed by atoms with Crippen LogP contribution in [0.25, 0.3) is 5.57 Å². The van der Waals surface area contributed by atoms with Gasteiger partial charge in [-0.2, -0.15) is 0 Å². The van der Waals surface area contributed by atoms with Gasteiger partial charge in [-0.1, -0.05) is 18.7 Å². The average molecular weight is 414 g/mol. The van der Waals surface area contributed by atoms with E-state index in [-0.39, 0.29) is 6.10 Å². The highest BCUT2D eigenvalue weighted by molar-refractivity contribution is 5.91. The maximum absolute atomic E-state index is 12.1. The van der Waals surface area contributed by atoms with Crippen LogP contribution < -0.4 is 10.6 Å². The third kappa shape index (κ3) is 7.12. The SMILES string of the molecule is C=CC(=O)OC1C=CC(c2cc(NC(=O)OC)cc(NC(=O)OC(C)(C)C)c2)=CC1. The van der Waals surface area contributed by atoms with E-state index in [1.807, 2.05) is 6.08 Å². The van der Waals surface area contributed by atoms with E-state index in [1.165, 1.54) is 7.11 Å². The number of carbonyl (C=O) groups is 3. The molecular formula is C22H26N2O6. The van der Waals surface area contributed by atoms with E-state index in [4.69, 9.17) is 9.47 Å². The molecule has 2 amide bonds. The molecule has 1 unspecified atom stereocenters. The predicted molar refractivity (Wildman–Crippen MR) is 114 cm³/mol.